The lowest BCUT2D eigenvalue weighted by molar-refractivity contribution is -0.143. The summed E-state index contributed by atoms with van der Waals surface area (Å²) in [5, 5.41) is 0. The molecule has 1 atom stereocenters. The second-order valence-electron chi connectivity index (χ2n) is 9.55. The topological polar surface area (TPSA) is 52.3 Å². The molecule has 4 heteroatoms. The lowest BCUT2D eigenvalue weighted by Crippen LogP contribution is -2.12. The summed E-state index contributed by atoms with van der Waals surface area (Å²) in [4.78, 5) is 16.9. The molecule has 5 rings (SSSR count). The van der Waals surface area contributed by atoms with Gasteiger partial charge in [-0.05, 0) is 56.1 Å². The van der Waals surface area contributed by atoms with Gasteiger partial charge in [-0.3, -0.25) is 4.79 Å². The first-order chi connectivity index (χ1) is 18.2. The summed E-state index contributed by atoms with van der Waals surface area (Å²) in [5.41, 5.74) is 6.61. The molecule has 0 bridgehead atoms. The van der Waals surface area contributed by atoms with E-state index in [4.69, 9.17) is 14.1 Å². The van der Waals surface area contributed by atoms with Crippen molar-refractivity contribution in [3.05, 3.63) is 108 Å². The van der Waals surface area contributed by atoms with E-state index in [0.717, 1.165) is 54.2 Å². The highest BCUT2D eigenvalue weighted by atomic mass is 16.5. The van der Waals surface area contributed by atoms with Crippen LogP contribution in [0.2, 0.25) is 0 Å². The molecule has 0 radical (unpaired) electrons. The summed E-state index contributed by atoms with van der Waals surface area (Å²) in [6.07, 6.45) is 7.64. The van der Waals surface area contributed by atoms with Gasteiger partial charge in [0.25, 0.3) is 0 Å². The van der Waals surface area contributed by atoms with E-state index in [1.54, 1.807) is 0 Å². The Morgan fingerprint density at radius 3 is 2.43 bits per heavy atom. The number of aryl methyl sites for hydroxylation is 1. The molecule has 0 N–H and O–H groups in total. The molecule has 1 heterocycles. The molecule has 3 aromatic carbocycles. The molecule has 0 aliphatic heterocycles. The minimum absolute atomic E-state index is 0.141. The zero-order chi connectivity index (χ0) is 25.5. The summed E-state index contributed by atoms with van der Waals surface area (Å²) in [7, 11) is 0. The zero-order valence-corrected chi connectivity index (χ0v) is 21.4. The number of hydrogen-bond acceptors (Lipinski definition) is 4. The third-order valence-corrected chi connectivity index (χ3v) is 6.91. The maximum absolute atomic E-state index is 11.8. The third kappa shape index (κ3) is 6.08. The Kier molecular flexibility index (Phi) is 7.95. The fourth-order valence-corrected chi connectivity index (χ4v) is 5.11. The predicted octanol–water partition coefficient (Wildman–Crippen LogP) is 7.93. The Balaban J connectivity index is 1.41. The van der Waals surface area contributed by atoms with Gasteiger partial charge in [0.2, 0.25) is 5.89 Å². The first-order valence-electron chi connectivity index (χ1n) is 13.3. The zero-order valence-electron chi connectivity index (χ0n) is 21.4. The number of ether oxygens (including phenoxy) is 1. The number of carbonyl (C=O) groups excluding carboxylic acids is 1. The van der Waals surface area contributed by atoms with Gasteiger partial charge in [0.1, 0.15) is 5.69 Å². The van der Waals surface area contributed by atoms with Crippen molar-refractivity contribution in [2.75, 3.05) is 6.61 Å². The van der Waals surface area contributed by atoms with E-state index in [2.05, 4.69) is 54.6 Å². The van der Waals surface area contributed by atoms with E-state index in [-0.39, 0.29) is 5.97 Å². The standard InChI is InChI=1S/C33H33NO3/c1-2-36-30(35)21-20-24-12-11-13-25(22-24)23-28-18-9-10-19-29(28)33-34-31(26-14-5-3-6-15-26)32(37-33)27-16-7-4-8-17-27/h3-8,11-17,19,22,28H,2,9-10,18,20-21,23H2,1H3. The Morgan fingerprint density at radius 1 is 0.946 bits per heavy atom. The summed E-state index contributed by atoms with van der Waals surface area (Å²) >= 11 is 0. The highest BCUT2D eigenvalue weighted by molar-refractivity contribution is 5.79. The molecule has 0 fully saturated rings. The first-order valence-corrected chi connectivity index (χ1v) is 13.3. The van der Waals surface area contributed by atoms with Gasteiger partial charge < -0.3 is 9.15 Å². The maximum atomic E-state index is 11.8. The molecule has 188 valence electrons. The van der Waals surface area contributed by atoms with Crippen LogP contribution in [0.25, 0.3) is 28.2 Å². The SMILES string of the molecule is CCOC(=O)CCc1cccc(CC2CCCC=C2c2nc(-c3ccccc3)c(-c3ccccc3)o2)c1. The molecule has 4 aromatic rings. The number of nitrogens with zero attached hydrogens (tertiary/aromatic N) is 1. The second kappa shape index (κ2) is 11.9. The van der Waals surface area contributed by atoms with Gasteiger partial charge in [0.15, 0.2) is 5.76 Å². The van der Waals surface area contributed by atoms with Crippen LogP contribution in [-0.4, -0.2) is 17.6 Å². The van der Waals surface area contributed by atoms with Gasteiger partial charge in [-0.15, -0.1) is 0 Å². The highest BCUT2D eigenvalue weighted by Gasteiger charge is 2.26. The minimum Gasteiger partial charge on any atom is -0.466 e. The van der Waals surface area contributed by atoms with E-state index in [9.17, 15) is 4.79 Å². The van der Waals surface area contributed by atoms with Gasteiger partial charge in [-0.1, -0.05) is 91.0 Å². The summed E-state index contributed by atoms with van der Waals surface area (Å²) in [5.74, 6) is 1.73. The number of allylic oxidation sites excluding steroid dienone is 2. The molecular weight excluding hydrogens is 458 g/mol. The van der Waals surface area contributed by atoms with Crippen molar-refractivity contribution in [2.45, 2.75) is 45.4 Å². The molecule has 1 aliphatic carbocycles. The second-order valence-corrected chi connectivity index (χ2v) is 9.55. The number of esters is 1. The Bertz CT molecular complexity index is 1300. The third-order valence-electron chi connectivity index (χ3n) is 6.91. The molecule has 0 saturated carbocycles. The molecule has 0 amide bonds. The number of carbonyl (C=O) groups is 1. The van der Waals surface area contributed by atoms with Crippen molar-refractivity contribution < 1.29 is 13.9 Å². The van der Waals surface area contributed by atoms with Gasteiger partial charge >= 0.3 is 5.97 Å². The van der Waals surface area contributed by atoms with Crippen LogP contribution in [0.3, 0.4) is 0 Å². The molecule has 1 aromatic heterocycles. The van der Waals surface area contributed by atoms with Crippen molar-refractivity contribution in [1.29, 1.82) is 0 Å². The fraction of sp³-hybridized carbons (Fsp3) is 0.273. The largest absolute Gasteiger partial charge is 0.466 e. The maximum Gasteiger partial charge on any atom is 0.306 e. The Labute approximate surface area is 219 Å². The van der Waals surface area contributed by atoms with Crippen molar-refractivity contribution >= 4 is 11.5 Å². The van der Waals surface area contributed by atoms with Crippen LogP contribution in [0.15, 0.2) is 95.4 Å². The van der Waals surface area contributed by atoms with Crippen LogP contribution < -0.4 is 0 Å². The van der Waals surface area contributed by atoms with Crippen molar-refractivity contribution in [3.8, 4) is 22.6 Å². The van der Waals surface area contributed by atoms with Crippen LogP contribution in [-0.2, 0) is 22.4 Å². The normalized spacial score (nSPS) is 15.3. The van der Waals surface area contributed by atoms with E-state index >= 15 is 0 Å². The van der Waals surface area contributed by atoms with Crippen molar-refractivity contribution in [2.24, 2.45) is 5.92 Å². The van der Waals surface area contributed by atoms with Crippen molar-refractivity contribution in [3.63, 3.8) is 0 Å². The molecule has 1 aliphatic rings. The summed E-state index contributed by atoms with van der Waals surface area (Å²) in [6.45, 7) is 2.27. The lowest BCUT2D eigenvalue weighted by Gasteiger charge is -2.22. The Morgan fingerprint density at radius 2 is 1.68 bits per heavy atom. The monoisotopic (exact) mass is 491 g/mol. The smallest absolute Gasteiger partial charge is 0.306 e. The van der Waals surface area contributed by atoms with Gasteiger partial charge in [-0.2, -0.15) is 0 Å². The number of aromatic nitrogens is 1. The summed E-state index contributed by atoms with van der Waals surface area (Å²) in [6, 6.07) is 29.1. The summed E-state index contributed by atoms with van der Waals surface area (Å²) < 4.78 is 11.6. The lowest BCUT2D eigenvalue weighted by atomic mass is 9.83. The van der Waals surface area contributed by atoms with Crippen LogP contribution in [0.5, 0.6) is 0 Å². The van der Waals surface area contributed by atoms with Crippen LogP contribution >= 0.6 is 0 Å². The molecule has 1 unspecified atom stereocenters. The quantitative estimate of drug-likeness (QED) is 0.223. The van der Waals surface area contributed by atoms with Gasteiger partial charge in [-0.25, -0.2) is 4.98 Å². The van der Waals surface area contributed by atoms with E-state index < -0.39 is 0 Å². The number of benzene rings is 3. The average molecular weight is 492 g/mol. The minimum atomic E-state index is -0.141. The molecular formula is C33H33NO3. The van der Waals surface area contributed by atoms with Crippen LogP contribution in [0, 0.1) is 5.92 Å². The van der Waals surface area contributed by atoms with Gasteiger partial charge in [0, 0.05) is 23.1 Å². The molecule has 4 nitrogen and oxygen atoms in total. The van der Waals surface area contributed by atoms with E-state index in [0.29, 0.717) is 25.4 Å². The van der Waals surface area contributed by atoms with Crippen LogP contribution in [0.1, 0.15) is 49.6 Å². The van der Waals surface area contributed by atoms with Crippen molar-refractivity contribution in [1.82, 2.24) is 4.98 Å². The molecule has 0 spiro atoms. The predicted molar refractivity (Wildman–Crippen MR) is 148 cm³/mol. The molecule has 37 heavy (non-hydrogen) atoms. The highest BCUT2D eigenvalue weighted by Crippen LogP contribution is 2.40. The molecule has 0 saturated heterocycles. The Hall–Kier alpha value is -3.92. The van der Waals surface area contributed by atoms with Crippen LogP contribution in [0.4, 0.5) is 0 Å². The van der Waals surface area contributed by atoms with E-state index in [1.165, 1.54) is 16.7 Å². The van der Waals surface area contributed by atoms with E-state index in [1.807, 2.05) is 43.3 Å². The number of oxazole rings is 1. The van der Waals surface area contributed by atoms with Gasteiger partial charge in [0.05, 0.1) is 6.61 Å². The number of rotatable bonds is 9. The fourth-order valence-electron chi connectivity index (χ4n) is 5.11. The average Bonchev–Trinajstić information content (AvgIpc) is 3.39. The number of hydrogen-bond donors (Lipinski definition) is 0. The first kappa shape index (κ1) is 24.8.